The van der Waals surface area contributed by atoms with Crippen molar-refractivity contribution in [1.29, 1.82) is 0 Å². The third-order valence-electron chi connectivity index (χ3n) is 4.09. The Morgan fingerprint density at radius 3 is 2.48 bits per heavy atom. The Morgan fingerprint density at radius 1 is 1.24 bits per heavy atom. The minimum atomic E-state index is -3.46. The van der Waals surface area contributed by atoms with E-state index >= 15 is 0 Å². The molecule has 1 aromatic carbocycles. The molecule has 0 aliphatic heterocycles. The van der Waals surface area contributed by atoms with Gasteiger partial charge in [0.05, 0.1) is 6.26 Å². The summed E-state index contributed by atoms with van der Waals surface area (Å²) in [6.07, 6.45) is 8.02. The monoisotopic (exact) mass is 308 g/mol. The standard InChI is InChI=1S/C17H24O3S/c1-13(2)16-9-7-14(8-10-16)11-15-5-4-6-17(12-15)20-21(3,18)19/h4-6,11-13,16H,7-10H2,1-3H3. The van der Waals surface area contributed by atoms with E-state index < -0.39 is 10.1 Å². The van der Waals surface area contributed by atoms with E-state index in [4.69, 9.17) is 4.18 Å². The van der Waals surface area contributed by atoms with Gasteiger partial charge in [-0.3, -0.25) is 0 Å². The average Bonchev–Trinajstić information content (AvgIpc) is 2.37. The fourth-order valence-corrected chi connectivity index (χ4v) is 3.34. The molecule has 3 nitrogen and oxygen atoms in total. The van der Waals surface area contributed by atoms with E-state index in [2.05, 4.69) is 19.9 Å². The van der Waals surface area contributed by atoms with Crippen LogP contribution in [0.3, 0.4) is 0 Å². The van der Waals surface area contributed by atoms with Crippen molar-refractivity contribution < 1.29 is 12.6 Å². The lowest BCUT2D eigenvalue weighted by Gasteiger charge is -2.27. The van der Waals surface area contributed by atoms with Crippen LogP contribution >= 0.6 is 0 Å². The van der Waals surface area contributed by atoms with E-state index in [1.807, 2.05) is 12.1 Å². The summed E-state index contributed by atoms with van der Waals surface area (Å²) in [4.78, 5) is 0. The number of benzene rings is 1. The molecule has 116 valence electrons. The second-order valence-corrected chi connectivity index (χ2v) is 7.82. The highest BCUT2D eigenvalue weighted by Gasteiger charge is 2.19. The number of hydrogen-bond acceptors (Lipinski definition) is 3. The van der Waals surface area contributed by atoms with Crippen molar-refractivity contribution >= 4 is 16.2 Å². The number of hydrogen-bond donors (Lipinski definition) is 0. The molecule has 0 N–H and O–H groups in total. The van der Waals surface area contributed by atoms with Gasteiger partial charge in [0.15, 0.2) is 0 Å². The Bertz CT molecular complexity index is 605. The lowest BCUT2D eigenvalue weighted by molar-refractivity contribution is 0.312. The fraction of sp³-hybridized carbons (Fsp3) is 0.529. The summed E-state index contributed by atoms with van der Waals surface area (Å²) in [5.74, 6) is 1.97. The molecule has 1 saturated carbocycles. The van der Waals surface area contributed by atoms with Gasteiger partial charge in [0, 0.05) is 0 Å². The molecule has 0 unspecified atom stereocenters. The first-order chi connectivity index (χ1) is 9.83. The van der Waals surface area contributed by atoms with Gasteiger partial charge in [-0.25, -0.2) is 0 Å². The molecule has 0 saturated heterocycles. The first-order valence-corrected chi connectivity index (χ1v) is 9.34. The summed E-state index contributed by atoms with van der Waals surface area (Å²) >= 11 is 0. The summed E-state index contributed by atoms with van der Waals surface area (Å²) in [5, 5.41) is 0. The number of rotatable bonds is 4. The Kier molecular flexibility index (Phi) is 5.09. The second-order valence-electron chi connectivity index (χ2n) is 6.24. The first kappa shape index (κ1) is 16.1. The predicted molar refractivity (Wildman–Crippen MR) is 86.7 cm³/mol. The third kappa shape index (κ3) is 5.20. The van der Waals surface area contributed by atoms with Crippen molar-refractivity contribution in [3.63, 3.8) is 0 Å². The van der Waals surface area contributed by atoms with Crippen molar-refractivity contribution in [3.8, 4) is 5.75 Å². The van der Waals surface area contributed by atoms with Gasteiger partial charge < -0.3 is 4.18 Å². The van der Waals surface area contributed by atoms with Crippen molar-refractivity contribution in [2.75, 3.05) is 6.26 Å². The van der Waals surface area contributed by atoms with E-state index in [-0.39, 0.29) is 0 Å². The van der Waals surface area contributed by atoms with Crippen LogP contribution in [0.4, 0.5) is 0 Å². The van der Waals surface area contributed by atoms with Crippen molar-refractivity contribution in [3.05, 3.63) is 35.4 Å². The first-order valence-electron chi connectivity index (χ1n) is 7.52. The fourth-order valence-electron chi connectivity index (χ4n) is 2.89. The molecule has 1 aliphatic rings. The van der Waals surface area contributed by atoms with Gasteiger partial charge in [0.1, 0.15) is 5.75 Å². The normalized spacial score (nSPS) is 19.6. The van der Waals surface area contributed by atoms with Crippen LogP contribution in [-0.4, -0.2) is 14.7 Å². The maximum atomic E-state index is 11.2. The molecule has 0 atom stereocenters. The van der Waals surface area contributed by atoms with E-state index in [0.29, 0.717) is 5.75 Å². The van der Waals surface area contributed by atoms with E-state index in [9.17, 15) is 8.42 Å². The molecule has 1 aromatic rings. The molecular weight excluding hydrogens is 284 g/mol. The molecule has 1 fully saturated rings. The van der Waals surface area contributed by atoms with Gasteiger partial charge in [0.25, 0.3) is 0 Å². The molecular formula is C17H24O3S. The van der Waals surface area contributed by atoms with Crippen LogP contribution in [-0.2, 0) is 10.1 Å². The largest absolute Gasteiger partial charge is 0.383 e. The van der Waals surface area contributed by atoms with E-state index in [0.717, 1.165) is 36.5 Å². The van der Waals surface area contributed by atoms with Gasteiger partial charge in [-0.05, 0) is 55.2 Å². The Labute approximate surface area is 128 Å². The Hall–Kier alpha value is -1.29. The summed E-state index contributed by atoms with van der Waals surface area (Å²) in [6.45, 7) is 4.59. The molecule has 21 heavy (non-hydrogen) atoms. The van der Waals surface area contributed by atoms with Gasteiger partial charge in [-0.1, -0.05) is 37.6 Å². The van der Waals surface area contributed by atoms with E-state index in [1.54, 1.807) is 12.1 Å². The van der Waals surface area contributed by atoms with E-state index in [1.165, 1.54) is 18.4 Å². The summed E-state index contributed by atoms with van der Waals surface area (Å²) in [7, 11) is -3.46. The average molecular weight is 308 g/mol. The highest BCUT2D eigenvalue weighted by atomic mass is 32.2. The lowest BCUT2D eigenvalue weighted by atomic mass is 9.79. The molecule has 1 aliphatic carbocycles. The quantitative estimate of drug-likeness (QED) is 0.781. The van der Waals surface area contributed by atoms with Crippen LogP contribution in [0.25, 0.3) is 6.08 Å². The van der Waals surface area contributed by atoms with Crippen LogP contribution < -0.4 is 4.18 Å². The van der Waals surface area contributed by atoms with Crippen LogP contribution in [0.15, 0.2) is 29.8 Å². The molecule has 0 heterocycles. The van der Waals surface area contributed by atoms with Gasteiger partial charge >= 0.3 is 10.1 Å². The van der Waals surface area contributed by atoms with Crippen molar-refractivity contribution in [1.82, 2.24) is 0 Å². The highest BCUT2D eigenvalue weighted by molar-refractivity contribution is 7.86. The van der Waals surface area contributed by atoms with Gasteiger partial charge in [0.2, 0.25) is 0 Å². The van der Waals surface area contributed by atoms with Crippen LogP contribution in [0, 0.1) is 11.8 Å². The SMILES string of the molecule is CC(C)C1CCC(=Cc2cccc(OS(C)(=O)=O)c2)CC1. The Morgan fingerprint density at radius 2 is 1.90 bits per heavy atom. The highest BCUT2D eigenvalue weighted by Crippen LogP contribution is 2.34. The van der Waals surface area contributed by atoms with Crippen molar-refractivity contribution in [2.24, 2.45) is 11.8 Å². The zero-order valence-electron chi connectivity index (χ0n) is 13.0. The zero-order chi connectivity index (χ0) is 15.5. The molecule has 4 heteroatoms. The summed E-state index contributed by atoms with van der Waals surface area (Å²) in [6, 6.07) is 7.25. The molecule has 0 radical (unpaired) electrons. The molecule has 0 aromatic heterocycles. The molecule has 0 amide bonds. The lowest BCUT2D eigenvalue weighted by Crippen LogP contribution is -2.13. The Balaban J connectivity index is 2.06. The maximum absolute atomic E-state index is 11.2. The molecule has 2 rings (SSSR count). The van der Waals surface area contributed by atoms with Crippen LogP contribution in [0.1, 0.15) is 45.1 Å². The minimum absolute atomic E-state index is 0.378. The zero-order valence-corrected chi connectivity index (χ0v) is 13.8. The molecule has 0 spiro atoms. The summed E-state index contributed by atoms with van der Waals surface area (Å²) < 4.78 is 27.3. The predicted octanol–water partition coefficient (Wildman–Crippen LogP) is 4.25. The van der Waals surface area contributed by atoms with Crippen molar-refractivity contribution in [2.45, 2.75) is 39.5 Å². The summed E-state index contributed by atoms with van der Waals surface area (Å²) in [5.41, 5.74) is 2.46. The van der Waals surface area contributed by atoms with Crippen LogP contribution in [0.2, 0.25) is 0 Å². The third-order valence-corrected chi connectivity index (χ3v) is 4.59. The van der Waals surface area contributed by atoms with Gasteiger partial charge in [-0.15, -0.1) is 0 Å². The maximum Gasteiger partial charge on any atom is 0.306 e. The topological polar surface area (TPSA) is 43.4 Å². The second kappa shape index (κ2) is 6.65. The smallest absolute Gasteiger partial charge is 0.306 e. The number of allylic oxidation sites excluding steroid dienone is 1. The van der Waals surface area contributed by atoms with Crippen LogP contribution in [0.5, 0.6) is 5.75 Å². The molecule has 0 bridgehead atoms. The minimum Gasteiger partial charge on any atom is -0.383 e. The van der Waals surface area contributed by atoms with Gasteiger partial charge in [-0.2, -0.15) is 8.42 Å².